The highest BCUT2D eigenvalue weighted by molar-refractivity contribution is 5.48. The second-order valence-corrected chi connectivity index (χ2v) is 6.37. The van der Waals surface area contributed by atoms with Crippen molar-refractivity contribution in [2.45, 2.75) is 38.5 Å². The van der Waals surface area contributed by atoms with E-state index in [1.807, 2.05) is 0 Å². The maximum atomic E-state index is 13.2. The van der Waals surface area contributed by atoms with E-state index in [1.54, 1.807) is 25.1 Å². The first kappa shape index (κ1) is 17.7. The standard InChI is InChI=1S/C17H21F3N4O/c1-12-22-13(11-25-12)9-24-8-4-5-14(10-24)23(2)16-15(17(18,19)20)6-3-7-21-16/h3,6-7,11,14H,4-5,8-10H2,1-2H3. The van der Waals surface area contributed by atoms with E-state index in [0.29, 0.717) is 19.0 Å². The lowest BCUT2D eigenvalue weighted by Crippen LogP contribution is -2.47. The molecule has 0 saturated carbocycles. The van der Waals surface area contributed by atoms with Gasteiger partial charge in [-0.05, 0) is 31.5 Å². The van der Waals surface area contributed by atoms with Gasteiger partial charge in [-0.1, -0.05) is 0 Å². The van der Waals surface area contributed by atoms with Crippen molar-refractivity contribution < 1.29 is 17.6 Å². The summed E-state index contributed by atoms with van der Waals surface area (Å²) >= 11 is 0. The van der Waals surface area contributed by atoms with Gasteiger partial charge in [-0.15, -0.1) is 0 Å². The van der Waals surface area contributed by atoms with E-state index in [4.69, 9.17) is 4.42 Å². The van der Waals surface area contributed by atoms with Crippen LogP contribution in [0.15, 0.2) is 29.0 Å². The average molecular weight is 354 g/mol. The van der Waals surface area contributed by atoms with Crippen LogP contribution >= 0.6 is 0 Å². The van der Waals surface area contributed by atoms with Gasteiger partial charge in [-0.25, -0.2) is 9.97 Å². The first-order valence-corrected chi connectivity index (χ1v) is 8.23. The van der Waals surface area contributed by atoms with Gasteiger partial charge in [0.15, 0.2) is 5.89 Å². The lowest BCUT2D eigenvalue weighted by atomic mass is 10.0. The number of oxazole rings is 1. The van der Waals surface area contributed by atoms with E-state index in [2.05, 4.69) is 14.9 Å². The molecule has 1 aliphatic rings. The van der Waals surface area contributed by atoms with Gasteiger partial charge in [0.05, 0.1) is 11.3 Å². The topological polar surface area (TPSA) is 45.4 Å². The van der Waals surface area contributed by atoms with Gasteiger partial charge in [0.25, 0.3) is 0 Å². The average Bonchev–Trinajstić information content (AvgIpc) is 2.98. The number of alkyl halides is 3. The molecule has 0 radical (unpaired) electrons. The molecule has 0 aromatic carbocycles. The maximum absolute atomic E-state index is 13.2. The second kappa shape index (κ2) is 7.03. The molecule has 1 fully saturated rings. The van der Waals surface area contributed by atoms with Gasteiger partial charge in [0.1, 0.15) is 12.1 Å². The van der Waals surface area contributed by atoms with E-state index in [9.17, 15) is 13.2 Å². The maximum Gasteiger partial charge on any atom is 0.419 e. The molecule has 25 heavy (non-hydrogen) atoms. The van der Waals surface area contributed by atoms with Gasteiger partial charge in [-0.3, -0.25) is 4.90 Å². The van der Waals surface area contributed by atoms with Crippen LogP contribution in [-0.2, 0) is 12.7 Å². The Hall–Kier alpha value is -2.09. The Kier molecular flexibility index (Phi) is 4.99. The molecule has 0 amide bonds. The lowest BCUT2D eigenvalue weighted by molar-refractivity contribution is -0.137. The van der Waals surface area contributed by atoms with Gasteiger partial charge in [0, 0.05) is 39.3 Å². The number of hydrogen-bond acceptors (Lipinski definition) is 5. The predicted molar refractivity (Wildman–Crippen MR) is 87.2 cm³/mol. The van der Waals surface area contributed by atoms with Gasteiger partial charge >= 0.3 is 6.18 Å². The Labute approximate surface area is 144 Å². The molecule has 0 aliphatic carbocycles. The summed E-state index contributed by atoms with van der Waals surface area (Å²) in [6.07, 6.45) is 0.367. The predicted octanol–water partition coefficient (Wildman–Crippen LogP) is 3.50. The third kappa shape index (κ3) is 4.12. The summed E-state index contributed by atoms with van der Waals surface area (Å²) in [6.45, 7) is 3.98. The van der Waals surface area contributed by atoms with E-state index in [-0.39, 0.29) is 11.9 Å². The quantitative estimate of drug-likeness (QED) is 0.841. The lowest BCUT2D eigenvalue weighted by Gasteiger charge is -2.38. The number of halogens is 3. The van der Waals surface area contributed by atoms with Crippen LogP contribution in [0.5, 0.6) is 0 Å². The monoisotopic (exact) mass is 354 g/mol. The first-order valence-electron chi connectivity index (χ1n) is 8.23. The molecule has 1 saturated heterocycles. The number of anilines is 1. The summed E-state index contributed by atoms with van der Waals surface area (Å²) in [4.78, 5) is 12.1. The molecule has 0 N–H and O–H groups in total. The van der Waals surface area contributed by atoms with Crippen molar-refractivity contribution in [3.63, 3.8) is 0 Å². The number of aryl methyl sites for hydroxylation is 1. The Balaban J connectivity index is 1.73. The number of rotatable bonds is 4. The molecule has 5 nitrogen and oxygen atoms in total. The number of likely N-dealkylation sites (tertiary alicyclic amines) is 1. The zero-order chi connectivity index (χ0) is 18.0. The van der Waals surface area contributed by atoms with E-state index in [1.165, 1.54) is 12.3 Å². The number of likely N-dealkylation sites (N-methyl/N-ethyl adjacent to an activating group) is 1. The molecule has 2 aromatic heterocycles. The van der Waals surface area contributed by atoms with Crippen LogP contribution in [0.3, 0.4) is 0 Å². The SMILES string of the molecule is Cc1nc(CN2CCCC(N(C)c3ncccc3C(F)(F)F)C2)co1. The highest BCUT2D eigenvalue weighted by Crippen LogP contribution is 2.36. The summed E-state index contributed by atoms with van der Waals surface area (Å²) in [7, 11) is 1.69. The van der Waals surface area contributed by atoms with Crippen molar-refractivity contribution in [1.29, 1.82) is 0 Å². The van der Waals surface area contributed by atoms with Gasteiger partial charge in [0.2, 0.25) is 0 Å². The van der Waals surface area contributed by atoms with Crippen LogP contribution in [0.25, 0.3) is 0 Å². The summed E-state index contributed by atoms with van der Waals surface area (Å²) in [5.74, 6) is 0.600. The van der Waals surface area contributed by atoms with Gasteiger partial charge in [-0.2, -0.15) is 13.2 Å². The minimum absolute atomic E-state index is 0.0147. The molecular weight excluding hydrogens is 333 g/mol. The third-order valence-corrected chi connectivity index (χ3v) is 4.51. The number of aromatic nitrogens is 2. The fraction of sp³-hybridized carbons (Fsp3) is 0.529. The number of piperidine rings is 1. The van der Waals surface area contributed by atoms with Crippen LogP contribution in [0, 0.1) is 6.92 Å². The van der Waals surface area contributed by atoms with Crippen LogP contribution in [-0.4, -0.2) is 41.0 Å². The Morgan fingerprint density at radius 3 is 2.88 bits per heavy atom. The third-order valence-electron chi connectivity index (χ3n) is 4.51. The molecule has 0 bridgehead atoms. The zero-order valence-corrected chi connectivity index (χ0v) is 14.3. The van der Waals surface area contributed by atoms with Gasteiger partial charge < -0.3 is 9.32 Å². The normalized spacial score (nSPS) is 19.2. The fourth-order valence-electron chi connectivity index (χ4n) is 3.27. The smallest absolute Gasteiger partial charge is 0.419 e. The molecule has 1 aliphatic heterocycles. The van der Waals surface area contributed by atoms with Crippen molar-refractivity contribution in [3.05, 3.63) is 41.7 Å². The van der Waals surface area contributed by atoms with Crippen LogP contribution in [0.4, 0.5) is 19.0 Å². The van der Waals surface area contributed by atoms with Crippen molar-refractivity contribution in [2.24, 2.45) is 0 Å². The van der Waals surface area contributed by atoms with Crippen LogP contribution in [0.2, 0.25) is 0 Å². The number of hydrogen-bond donors (Lipinski definition) is 0. The molecule has 136 valence electrons. The Morgan fingerprint density at radius 1 is 1.40 bits per heavy atom. The fourth-order valence-corrected chi connectivity index (χ4v) is 3.27. The largest absolute Gasteiger partial charge is 0.449 e. The van der Waals surface area contributed by atoms with Crippen LogP contribution in [0.1, 0.15) is 30.0 Å². The van der Waals surface area contributed by atoms with E-state index >= 15 is 0 Å². The summed E-state index contributed by atoms with van der Waals surface area (Å²) in [6, 6.07) is 2.37. The second-order valence-electron chi connectivity index (χ2n) is 6.37. The van der Waals surface area contributed by atoms with Crippen molar-refractivity contribution in [2.75, 3.05) is 25.0 Å². The molecule has 3 rings (SSSR count). The molecule has 3 heterocycles. The number of pyridine rings is 1. The molecule has 1 unspecified atom stereocenters. The summed E-state index contributed by atoms with van der Waals surface area (Å²) < 4.78 is 45.0. The number of nitrogens with zero attached hydrogens (tertiary/aromatic N) is 4. The molecular formula is C17H21F3N4O. The minimum atomic E-state index is -4.41. The van der Waals surface area contributed by atoms with E-state index in [0.717, 1.165) is 31.1 Å². The summed E-state index contributed by atoms with van der Waals surface area (Å²) in [5, 5.41) is 0. The highest BCUT2D eigenvalue weighted by atomic mass is 19.4. The van der Waals surface area contributed by atoms with Crippen molar-refractivity contribution in [3.8, 4) is 0 Å². The Morgan fingerprint density at radius 2 is 2.20 bits per heavy atom. The minimum Gasteiger partial charge on any atom is -0.449 e. The zero-order valence-electron chi connectivity index (χ0n) is 14.3. The molecule has 1 atom stereocenters. The first-order chi connectivity index (χ1) is 11.8. The van der Waals surface area contributed by atoms with Crippen LogP contribution < -0.4 is 4.90 Å². The van der Waals surface area contributed by atoms with Crippen molar-refractivity contribution in [1.82, 2.24) is 14.9 Å². The highest BCUT2D eigenvalue weighted by Gasteiger charge is 2.36. The van der Waals surface area contributed by atoms with E-state index < -0.39 is 11.7 Å². The molecule has 0 spiro atoms. The summed E-state index contributed by atoms with van der Waals surface area (Å²) in [5.41, 5.74) is 0.149. The van der Waals surface area contributed by atoms with Crippen molar-refractivity contribution >= 4 is 5.82 Å². The Bertz CT molecular complexity index is 716. The molecule has 2 aromatic rings. The molecule has 8 heteroatoms.